The zero-order valence-corrected chi connectivity index (χ0v) is 6.63. The van der Waals surface area contributed by atoms with Gasteiger partial charge in [0.1, 0.15) is 6.29 Å². The minimum Gasteiger partial charge on any atom is -0.303 e. The number of hydrogen-bond acceptors (Lipinski definition) is 1. The van der Waals surface area contributed by atoms with Gasteiger partial charge in [-0.15, -0.1) is 0 Å². The molecule has 0 aromatic rings. The number of hydrogen-bond donors (Lipinski definition) is 0. The molecular formula is C9H14O. The predicted octanol–water partition coefficient (Wildman–Crippen LogP) is 2.18. The molecule has 0 N–H and O–H groups in total. The third kappa shape index (κ3) is 1.47. The molecule has 1 nitrogen and oxygen atoms in total. The minimum atomic E-state index is 0.281. The van der Waals surface area contributed by atoms with Crippen LogP contribution in [0.5, 0.6) is 0 Å². The van der Waals surface area contributed by atoms with Gasteiger partial charge in [0.05, 0.1) is 0 Å². The van der Waals surface area contributed by atoms with E-state index in [1.54, 1.807) is 0 Å². The fourth-order valence-electron chi connectivity index (χ4n) is 1.50. The highest BCUT2D eigenvalue weighted by Gasteiger charge is 2.19. The molecule has 0 saturated heterocycles. The van der Waals surface area contributed by atoms with Crippen LogP contribution in [0.2, 0.25) is 0 Å². The Labute approximate surface area is 62.1 Å². The van der Waals surface area contributed by atoms with Crippen LogP contribution in [0.25, 0.3) is 0 Å². The summed E-state index contributed by atoms with van der Waals surface area (Å²) < 4.78 is 0. The van der Waals surface area contributed by atoms with Gasteiger partial charge in [0.25, 0.3) is 0 Å². The van der Waals surface area contributed by atoms with E-state index in [9.17, 15) is 4.79 Å². The van der Waals surface area contributed by atoms with E-state index in [4.69, 9.17) is 0 Å². The lowest BCUT2D eigenvalue weighted by Crippen LogP contribution is -2.16. The second kappa shape index (κ2) is 3.00. The average Bonchev–Trinajstić information content (AvgIpc) is 1.88. The lowest BCUT2D eigenvalue weighted by Gasteiger charge is -2.22. The normalized spacial score (nSPS) is 33.2. The van der Waals surface area contributed by atoms with Gasteiger partial charge in [-0.25, -0.2) is 0 Å². The Kier molecular flexibility index (Phi) is 2.25. The fourth-order valence-corrected chi connectivity index (χ4v) is 1.50. The first-order valence-electron chi connectivity index (χ1n) is 3.85. The van der Waals surface area contributed by atoms with Crippen LogP contribution in [0.15, 0.2) is 11.6 Å². The van der Waals surface area contributed by atoms with E-state index in [2.05, 4.69) is 19.9 Å². The summed E-state index contributed by atoms with van der Waals surface area (Å²) in [6.07, 6.45) is 5.33. The maximum atomic E-state index is 10.4. The van der Waals surface area contributed by atoms with Gasteiger partial charge in [0.2, 0.25) is 0 Å². The van der Waals surface area contributed by atoms with Crippen LogP contribution in [0.1, 0.15) is 26.7 Å². The molecule has 56 valence electrons. The number of carbonyl (C=O) groups excluding carboxylic acids is 1. The van der Waals surface area contributed by atoms with E-state index in [0.717, 1.165) is 19.1 Å². The highest BCUT2D eigenvalue weighted by Crippen LogP contribution is 2.27. The highest BCUT2D eigenvalue weighted by molar-refractivity contribution is 5.55. The molecule has 0 saturated carbocycles. The quantitative estimate of drug-likeness (QED) is 0.401. The van der Waals surface area contributed by atoms with Crippen molar-refractivity contribution in [2.24, 2.45) is 11.8 Å². The van der Waals surface area contributed by atoms with Crippen LogP contribution in [-0.2, 0) is 4.79 Å². The van der Waals surface area contributed by atoms with Crippen molar-refractivity contribution in [3.05, 3.63) is 11.6 Å². The second-order valence-electron chi connectivity index (χ2n) is 3.27. The van der Waals surface area contributed by atoms with E-state index in [1.807, 2.05) is 0 Å². The molecule has 1 aliphatic rings. The lowest BCUT2D eigenvalue weighted by atomic mass is 9.82. The van der Waals surface area contributed by atoms with Gasteiger partial charge in [-0.3, -0.25) is 0 Å². The molecule has 0 amide bonds. The summed E-state index contributed by atoms with van der Waals surface area (Å²) in [6.45, 7) is 4.28. The van der Waals surface area contributed by atoms with Crippen LogP contribution >= 0.6 is 0 Å². The monoisotopic (exact) mass is 138 g/mol. The fraction of sp³-hybridized carbons (Fsp3) is 0.667. The van der Waals surface area contributed by atoms with Crippen LogP contribution in [-0.4, -0.2) is 6.29 Å². The lowest BCUT2D eigenvalue weighted by molar-refractivity contribution is -0.112. The van der Waals surface area contributed by atoms with Gasteiger partial charge in [-0.05, 0) is 25.7 Å². The molecule has 0 radical (unpaired) electrons. The Morgan fingerprint density at radius 3 is 2.90 bits per heavy atom. The highest BCUT2D eigenvalue weighted by atomic mass is 16.1. The topological polar surface area (TPSA) is 17.1 Å². The molecule has 0 fully saturated rings. The minimum absolute atomic E-state index is 0.281. The summed E-state index contributed by atoms with van der Waals surface area (Å²) in [5.41, 5.74) is 1.44. The molecule has 1 aliphatic carbocycles. The summed E-state index contributed by atoms with van der Waals surface area (Å²) in [7, 11) is 0. The molecule has 0 aliphatic heterocycles. The largest absolute Gasteiger partial charge is 0.303 e. The summed E-state index contributed by atoms with van der Waals surface area (Å²) >= 11 is 0. The van der Waals surface area contributed by atoms with Gasteiger partial charge in [-0.1, -0.05) is 18.6 Å². The van der Waals surface area contributed by atoms with Gasteiger partial charge in [-0.2, -0.15) is 0 Å². The molecule has 0 aromatic carbocycles. The van der Waals surface area contributed by atoms with Gasteiger partial charge in [0.15, 0.2) is 0 Å². The van der Waals surface area contributed by atoms with Crippen LogP contribution in [0.4, 0.5) is 0 Å². The summed E-state index contributed by atoms with van der Waals surface area (Å²) in [4.78, 5) is 10.4. The summed E-state index contributed by atoms with van der Waals surface area (Å²) in [6, 6.07) is 0. The number of allylic oxidation sites excluding steroid dienone is 2. The molecule has 0 unspecified atom stereocenters. The Hall–Kier alpha value is -0.590. The van der Waals surface area contributed by atoms with Crippen LogP contribution in [0.3, 0.4) is 0 Å². The molecule has 0 spiro atoms. The molecule has 10 heavy (non-hydrogen) atoms. The number of aldehydes is 1. The Morgan fingerprint density at radius 2 is 2.40 bits per heavy atom. The van der Waals surface area contributed by atoms with Crippen molar-refractivity contribution in [3.8, 4) is 0 Å². The third-order valence-corrected chi connectivity index (χ3v) is 2.29. The van der Waals surface area contributed by atoms with Crippen molar-refractivity contribution >= 4 is 6.29 Å². The average molecular weight is 138 g/mol. The first kappa shape index (κ1) is 7.52. The predicted molar refractivity (Wildman–Crippen MR) is 41.7 cm³/mol. The van der Waals surface area contributed by atoms with Crippen molar-refractivity contribution < 1.29 is 4.79 Å². The van der Waals surface area contributed by atoms with E-state index >= 15 is 0 Å². The first-order valence-corrected chi connectivity index (χ1v) is 3.85. The van der Waals surface area contributed by atoms with Crippen LogP contribution in [0, 0.1) is 11.8 Å². The zero-order valence-electron chi connectivity index (χ0n) is 6.63. The third-order valence-electron chi connectivity index (χ3n) is 2.29. The first-order chi connectivity index (χ1) is 4.74. The smallest absolute Gasteiger partial charge is 0.123 e. The van der Waals surface area contributed by atoms with Gasteiger partial charge < -0.3 is 4.79 Å². The van der Waals surface area contributed by atoms with Crippen molar-refractivity contribution in [1.29, 1.82) is 0 Å². The van der Waals surface area contributed by atoms with Crippen molar-refractivity contribution in [1.82, 2.24) is 0 Å². The van der Waals surface area contributed by atoms with E-state index in [1.165, 1.54) is 5.57 Å². The maximum Gasteiger partial charge on any atom is 0.123 e. The molecule has 1 heteroatoms. The van der Waals surface area contributed by atoms with E-state index in [-0.39, 0.29) is 5.92 Å². The standard InChI is InChI=1S/C9H14O/c1-7-3-4-9(6-10)8(2)5-7/h3,6,8-9H,4-5H2,1-2H3/t8-,9-/m1/s1. The summed E-state index contributed by atoms with van der Waals surface area (Å²) in [5, 5.41) is 0. The molecule has 0 aromatic heterocycles. The van der Waals surface area contributed by atoms with Gasteiger partial charge >= 0.3 is 0 Å². The SMILES string of the molecule is CC1=CC[C@H](C=O)[C@H](C)C1. The van der Waals surface area contributed by atoms with Crippen molar-refractivity contribution in [2.45, 2.75) is 26.7 Å². The Bertz CT molecular complexity index is 158. The Morgan fingerprint density at radius 1 is 1.70 bits per heavy atom. The van der Waals surface area contributed by atoms with E-state index < -0.39 is 0 Å². The van der Waals surface area contributed by atoms with Crippen LogP contribution < -0.4 is 0 Å². The molecule has 0 heterocycles. The molecule has 2 atom stereocenters. The van der Waals surface area contributed by atoms with E-state index in [0.29, 0.717) is 5.92 Å². The zero-order chi connectivity index (χ0) is 7.56. The maximum absolute atomic E-state index is 10.4. The van der Waals surface area contributed by atoms with Crippen molar-refractivity contribution in [2.75, 3.05) is 0 Å². The molecular weight excluding hydrogens is 124 g/mol. The number of rotatable bonds is 1. The van der Waals surface area contributed by atoms with Crippen molar-refractivity contribution in [3.63, 3.8) is 0 Å². The number of carbonyl (C=O) groups is 1. The molecule has 1 rings (SSSR count). The van der Waals surface area contributed by atoms with Gasteiger partial charge in [0, 0.05) is 5.92 Å². The Balaban J connectivity index is 2.60. The molecule has 0 bridgehead atoms. The second-order valence-corrected chi connectivity index (χ2v) is 3.27. The summed E-state index contributed by atoms with van der Waals surface area (Å²) in [5.74, 6) is 0.839.